The number of esters is 1. The minimum atomic E-state index is -3.60. The number of sulfone groups is 1. The van der Waals surface area contributed by atoms with Crippen LogP contribution in [-0.4, -0.2) is 37.9 Å². The summed E-state index contributed by atoms with van der Waals surface area (Å²) in [6.07, 6.45) is 0. The first-order chi connectivity index (χ1) is 12.6. The monoisotopic (exact) mass is 394 g/mol. The van der Waals surface area contributed by atoms with Gasteiger partial charge < -0.3 is 9.47 Å². The fourth-order valence-electron chi connectivity index (χ4n) is 3.21. The average molecular weight is 394 g/mol. The third-order valence-electron chi connectivity index (χ3n) is 4.43. The molecule has 0 aliphatic heterocycles. The molecule has 2 rings (SSSR count). The van der Waals surface area contributed by atoms with Gasteiger partial charge in [-0.3, -0.25) is 9.48 Å². The molecular weight excluding hydrogens is 368 g/mol. The van der Waals surface area contributed by atoms with Crippen molar-refractivity contribution in [2.75, 3.05) is 13.7 Å². The van der Waals surface area contributed by atoms with E-state index in [0.717, 1.165) is 0 Å². The number of hydrogen-bond acceptors (Lipinski definition) is 6. The smallest absolute Gasteiger partial charge is 0.327 e. The van der Waals surface area contributed by atoms with E-state index in [1.807, 2.05) is 0 Å². The normalized spacial score (nSPS) is 11.5. The molecule has 1 aromatic heterocycles. The van der Waals surface area contributed by atoms with Crippen molar-refractivity contribution in [3.63, 3.8) is 0 Å². The summed E-state index contributed by atoms with van der Waals surface area (Å²) >= 11 is 0. The third-order valence-corrected chi connectivity index (χ3v) is 6.37. The zero-order valence-corrected chi connectivity index (χ0v) is 17.4. The molecule has 1 aromatic carbocycles. The molecule has 0 radical (unpaired) electrons. The molecule has 0 amide bonds. The van der Waals surface area contributed by atoms with Crippen molar-refractivity contribution in [3.05, 3.63) is 40.2 Å². The van der Waals surface area contributed by atoms with Crippen molar-refractivity contribution >= 4 is 15.8 Å². The van der Waals surface area contributed by atoms with Gasteiger partial charge in [0.2, 0.25) is 0 Å². The Morgan fingerprint density at radius 3 is 2.26 bits per heavy atom. The maximum atomic E-state index is 13.1. The van der Waals surface area contributed by atoms with Crippen LogP contribution in [0.3, 0.4) is 0 Å². The first-order valence-corrected chi connectivity index (χ1v) is 10.3. The number of rotatable bonds is 7. The van der Waals surface area contributed by atoms with E-state index < -0.39 is 15.8 Å². The Balaban J connectivity index is 2.39. The number of aryl methyl sites for hydroxylation is 3. The van der Waals surface area contributed by atoms with Gasteiger partial charge in [-0.1, -0.05) is 0 Å². The minimum Gasteiger partial charge on any atom is -0.497 e. The highest BCUT2D eigenvalue weighted by Crippen LogP contribution is 2.29. The van der Waals surface area contributed by atoms with Gasteiger partial charge in [-0.2, -0.15) is 5.10 Å². The molecule has 0 N–H and O–H groups in total. The zero-order chi connectivity index (χ0) is 20.4. The van der Waals surface area contributed by atoms with Crippen molar-refractivity contribution in [3.8, 4) is 5.75 Å². The number of benzene rings is 1. The highest BCUT2D eigenvalue weighted by atomic mass is 32.2. The quantitative estimate of drug-likeness (QED) is 0.671. The molecule has 148 valence electrons. The number of aromatic nitrogens is 2. The molecule has 1 heterocycles. The van der Waals surface area contributed by atoms with Crippen molar-refractivity contribution in [2.24, 2.45) is 0 Å². The maximum absolute atomic E-state index is 13.1. The van der Waals surface area contributed by atoms with E-state index in [2.05, 4.69) is 5.10 Å². The summed E-state index contributed by atoms with van der Waals surface area (Å²) in [5.41, 5.74) is 3.12. The highest BCUT2D eigenvalue weighted by molar-refractivity contribution is 7.90. The van der Waals surface area contributed by atoms with Gasteiger partial charge in [0, 0.05) is 11.3 Å². The van der Waals surface area contributed by atoms with Gasteiger partial charge in [0.15, 0.2) is 9.84 Å². The molecule has 0 saturated heterocycles. The number of methoxy groups -OCH3 is 1. The van der Waals surface area contributed by atoms with Crippen molar-refractivity contribution in [1.82, 2.24) is 9.78 Å². The van der Waals surface area contributed by atoms with Crippen LogP contribution < -0.4 is 4.74 Å². The van der Waals surface area contributed by atoms with Gasteiger partial charge in [0.05, 0.1) is 30.1 Å². The van der Waals surface area contributed by atoms with Crippen LogP contribution in [0.1, 0.15) is 35.0 Å². The molecule has 0 aliphatic rings. The van der Waals surface area contributed by atoms with Gasteiger partial charge in [0.25, 0.3) is 0 Å². The minimum absolute atomic E-state index is 0.0405. The van der Waals surface area contributed by atoms with Gasteiger partial charge in [-0.05, 0) is 57.9 Å². The molecule has 27 heavy (non-hydrogen) atoms. The topological polar surface area (TPSA) is 87.5 Å². The molecular formula is C19H26N2O5S. The van der Waals surface area contributed by atoms with E-state index in [9.17, 15) is 13.2 Å². The molecule has 2 aromatic rings. The van der Waals surface area contributed by atoms with Crippen LogP contribution in [0, 0.1) is 27.7 Å². The van der Waals surface area contributed by atoms with Crippen LogP contribution in [0.4, 0.5) is 0 Å². The molecule has 0 aliphatic carbocycles. The summed E-state index contributed by atoms with van der Waals surface area (Å²) in [4.78, 5) is 12.0. The molecule has 0 atom stereocenters. The van der Waals surface area contributed by atoms with E-state index in [0.29, 0.717) is 38.7 Å². The second-order valence-corrected chi connectivity index (χ2v) is 8.39. The summed E-state index contributed by atoms with van der Waals surface area (Å²) < 4.78 is 37.9. The summed E-state index contributed by atoms with van der Waals surface area (Å²) in [6.45, 7) is 9.00. The largest absolute Gasteiger partial charge is 0.497 e. The fourth-order valence-corrected chi connectivity index (χ4v) is 5.25. The van der Waals surface area contributed by atoms with Crippen molar-refractivity contribution in [1.29, 1.82) is 0 Å². The average Bonchev–Trinajstić information content (AvgIpc) is 2.81. The second kappa shape index (κ2) is 8.12. The third kappa shape index (κ3) is 4.50. The number of ether oxygens (including phenoxy) is 2. The van der Waals surface area contributed by atoms with Gasteiger partial charge in [0.1, 0.15) is 12.3 Å². The van der Waals surface area contributed by atoms with Crippen molar-refractivity contribution < 1.29 is 22.7 Å². The number of hydrogen-bond donors (Lipinski definition) is 0. The summed E-state index contributed by atoms with van der Waals surface area (Å²) in [7, 11) is -2.05. The van der Waals surface area contributed by atoms with E-state index >= 15 is 0 Å². The Hall–Kier alpha value is -2.35. The van der Waals surface area contributed by atoms with E-state index in [1.165, 1.54) is 4.68 Å². The van der Waals surface area contributed by atoms with E-state index in [4.69, 9.17) is 9.47 Å². The summed E-state index contributed by atoms with van der Waals surface area (Å²) in [5.74, 6) is 0.0412. The first-order valence-electron chi connectivity index (χ1n) is 8.67. The van der Waals surface area contributed by atoms with Gasteiger partial charge in [-0.15, -0.1) is 0 Å². The van der Waals surface area contributed by atoms with Crippen LogP contribution in [-0.2, 0) is 31.7 Å². The highest BCUT2D eigenvalue weighted by Gasteiger charge is 2.25. The second-order valence-electron chi connectivity index (χ2n) is 6.46. The standard InChI is InChI=1S/C19H26N2O5S/c1-7-26-18(22)10-21-15(5)17(14(4)20-21)11-27(23,24)19-12(2)8-16(25-6)9-13(19)3/h8-9H,7,10-11H2,1-6H3. The number of nitrogens with zero attached hydrogens (tertiary/aromatic N) is 2. The van der Waals surface area contributed by atoms with Crippen molar-refractivity contribution in [2.45, 2.75) is 51.8 Å². The lowest BCUT2D eigenvalue weighted by Crippen LogP contribution is -2.16. The SMILES string of the molecule is CCOC(=O)Cn1nc(C)c(CS(=O)(=O)c2c(C)cc(OC)cc2C)c1C. The predicted octanol–water partition coefficient (Wildman–Crippen LogP) is 2.66. The van der Waals surface area contributed by atoms with Crippen LogP contribution in [0.2, 0.25) is 0 Å². The Morgan fingerprint density at radius 1 is 1.15 bits per heavy atom. The first kappa shape index (κ1) is 21.0. The predicted molar refractivity (Wildman–Crippen MR) is 102 cm³/mol. The molecule has 0 unspecified atom stereocenters. The van der Waals surface area contributed by atoms with Crippen LogP contribution in [0.15, 0.2) is 17.0 Å². The van der Waals surface area contributed by atoms with Gasteiger partial charge in [-0.25, -0.2) is 8.42 Å². The lowest BCUT2D eigenvalue weighted by atomic mass is 10.1. The Labute approximate surface area is 160 Å². The van der Waals surface area contributed by atoms with E-state index in [1.54, 1.807) is 53.9 Å². The van der Waals surface area contributed by atoms with E-state index in [-0.39, 0.29) is 18.9 Å². The summed E-state index contributed by atoms with van der Waals surface area (Å²) in [5, 5.41) is 4.31. The molecule has 0 spiro atoms. The maximum Gasteiger partial charge on any atom is 0.327 e. The lowest BCUT2D eigenvalue weighted by molar-refractivity contribution is -0.144. The lowest BCUT2D eigenvalue weighted by Gasteiger charge is -2.13. The van der Waals surface area contributed by atoms with Crippen LogP contribution in [0.5, 0.6) is 5.75 Å². The van der Waals surface area contributed by atoms with Crippen LogP contribution >= 0.6 is 0 Å². The number of carbonyl (C=O) groups is 1. The summed E-state index contributed by atoms with van der Waals surface area (Å²) in [6, 6.07) is 3.42. The Morgan fingerprint density at radius 2 is 1.74 bits per heavy atom. The zero-order valence-electron chi connectivity index (χ0n) is 16.6. The molecule has 7 nitrogen and oxygen atoms in total. The Kier molecular flexibility index (Phi) is 6.30. The van der Waals surface area contributed by atoms with Gasteiger partial charge >= 0.3 is 5.97 Å². The molecule has 0 saturated carbocycles. The molecule has 0 fully saturated rings. The fraction of sp³-hybridized carbons (Fsp3) is 0.474. The molecule has 0 bridgehead atoms. The molecule has 8 heteroatoms. The number of carbonyl (C=O) groups excluding carboxylic acids is 1. The Bertz CT molecular complexity index is 938. The van der Waals surface area contributed by atoms with Crippen LogP contribution in [0.25, 0.3) is 0 Å².